The molecular weight excluding hydrogens is 328 g/mol. The van der Waals surface area contributed by atoms with Gasteiger partial charge in [0.05, 0.1) is 6.61 Å². The number of ether oxygens (including phenoxy) is 3. The summed E-state index contributed by atoms with van der Waals surface area (Å²) in [6.45, 7) is 15.9. The summed E-state index contributed by atoms with van der Waals surface area (Å²) in [5.74, 6) is -0.197. The summed E-state index contributed by atoms with van der Waals surface area (Å²) < 4.78 is 21.7. The van der Waals surface area contributed by atoms with Crippen molar-refractivity contribution in [1.82, 2.24) is 0 Å². The first-order chi connectivity index (χ1) is 10.7. The van der Waals surface area contributed by atoms with Crippen molar-refractivity contribution in [2.75, 3.05) is 6.61 Å². The van der Waals surface area contributed by atoms with Gasteiger partial charge in [-0.3, -0.25) is 4.79 Å². The van der Waals surface area contributed by atoms with Gasteiger partial charge in [-0.05, 0) is 51.1 Å². The molecular formula is C17H30O6Si. The SMILES string of the molecule is CC(C)(C)OC(=O)O[C@@H]1C=CC(=O)[C@@H](CO[Si](C)(C)C(C)(C)C)O1. The first kappa shape index (κ1) is 20.9. The van der Waals surface area contributed by atoms with E-state index in [4.69, 9.17) is 18.6 Å². The maximum atomic E-state index is 12.0. The van der Waals surface area contributed by atoms with E-state index in [9.17, 15) is 9.59 Å². The van der Waals surface area contributed by atoms with E-state index in [2.05, 4.69) is 33.9 Å². The Labute approximate surface area is 145 Å². The van der Waals surface area contributed by atoms with Crippen LogP contribution in [-0.4, -0.2) is 44.9 Å². The summed E-state index contributed by atoms with van der Waals surface area (Å²) in [4.78, 5) is 23.7. The second-order valence-corrected chi connectivity index (χ2v) is 13.2. The van der Waals surface area contributed by atoms with E-state index in [1.54, 1.807) is 20.8 Å². The van der Waals surface area contributed by atoms with Gasteiger partial charge in [-0.15, -0.1) is 0 Å². The van der Waals surface area contributed by atoms with Gasteiger partial charge in [-0.2, -0.15) is 0 Å². The third-order valence-corrected chi connectivity index (χ3v) is 8.54. The highest BCUT2D eigenvalue weighted by Crippen LogP contribution is 2.36. The number of rotatable bonds is 4. The van der Waals surface area contributed by atoms with Crippen molar-refractivity contribution >= 4 is 20.3 Å². The zero-order valence-corrected chi connectivity index (χ0v) is 17.0. The van der Waals surface area contributed by atoms with Crippen molar-refractivity contribution in [1.29, 1.82) is 0 Å². The molecule has 0 aromatic carbocycles. The number of hydrogen-bond acceptors (Lipinski definition) is 6. The molecule has 0 radical (unpaired) electrons. The van der Waals surface area contributed by atoms with Crippen molar-refractivity contribution < 1.29 is 28.2 Å². The minimum atomic E-state index is -1.99. The maximum absolute atomic E-state index is 12.0. The second kappa shape index (κ2) is 7.37. The van der Waals surface area contributed by atoms with Gasteiger partial charge in [-0.1, -0.05) is 20.8 Å². The molecule has 1 heterocycles. The third kappa shape index (κ3) is 6.37. The van der Waals surface area contributed by atoms with Gasteiger partial charge in [0.2, 0.25) is 6.29 Å². The molecule has 0 saturated carbocycles. The molecule has 0 spiro atoms. The Bertz CT molecular complexity index is 498. The second-order valence-electron chi connectivity index (χ2n) is 8.41. The predicted molar refractivity (Wildman–Crippen MR) is 93.3 cm³/mol. The maximum Gasteiger partial charge on any atom is 0.511 e. The first-order valence-corrected chi connectivity index (χ1v) is 11.0. The van der Waals surface area contributed by atoms with Crippen LogP contribution in [0.2, 0.25) is 18.1 Å². The Morgan fingerprint density at radius 3 is 2.29 bits per heavy atom. The Morgan fingerprint density at radius 1 is 1.21 bits per heavy atom. The molecule has 0 unspecified atom stereocenters. The van der Waals surface area contributed by atoms with Crippen LogP contribution in [0.1, 0.15) is 41.5 Å². The largest absolute Gasteiger partial charge is 0.511 e. The van der Waals surface area contributed by atoms with E-state index in [1.807, 2.05) is 0 Å². The van der Waals surface area contributed by atoms with E-state index >= 15 is 0 Å². The van der Waals surface area contributed by atoms with Crippen LogP contribution < -0.4 is 0 Å². The monoisotopic (exact) mass is 358 g/mol. The molecule has 1 aliphatic rings. The lowest BCUT2D eigenvalue weighted by atomic mass is 10.2. The van der Waals surface area contributed by atoms with Crippen LogP contribution in [0.5, 0.6) is 0 Å². The third-order valence-electron chi connectivity index (χ3n) is 4.04. The normalized spacial score (nSPS) is 22.4. The van der Waals surface area contributed by atoms with Crippen molar-refractivity contribution in [3.05, 3.63) is 12.2 Å². The molecule has 0 amide bonds. The molecule has 0 aliphatic carbocycles. The number of carbonyl (C=O) groups is 2. The van der Waals surface area contributed by atoms with Gasteiger partial charge in [0, 0.05) is 0 Å². The van der Waals surface area contributed by atoms with Crippen LogP contribution in [0.3, 0.4) is 0 Å². The molecule has 0 N–H and O–H groups in total. The Hall–Kier alpha value is -1.18. The molecule has 0 aromatic rings. The van der Waals surface area contributed by atoms with Crippen LogP contribution in [-0.2, 0) is 23.4 Å². The van der Waals surface area contributed by atoms with E-state index in [-0.39, 0.29) is 17.4 Å². The highest BCUT2D eigenvalue weighted by Gasteiger charge is 2.39. The average Bonchev–Trinajstić information content (AvgIpc) is 2.35. The number of hydrogen-bond donors (Lipinski definition) is 0. The van der Waals surface area contributed by atoms with Crippen molar-refractivity contribution in [2.24, 2.45) is 0 Å². The van der Waals surface area contributed by atoms with Crippen molar-refractivity contribution in [2.45, 2.75) is 77.7 Å². The molecule has 2 atom stereocenters. The van der Waals surface area contributed by atoms with E-state index < -0.39 is 32.5 Å². The number of carbonyl (C=O) groups excluding carboxylic acids is 2. The highest BCUT2D eigenvalue weighted by atomic mass is 28.4. The molecule has 24 heavy (non-hydrogen) atoms. The summed E-state index contributed by atoms with van der Waals surface area (Å²) in [5.41, 5.74) is -0.657. The first-order valence-electron chi connectivity index (χ1n) is 8.12. The minimum Gasteiger partial charge on any atom is -0.428 e. The average molecular weight is 359 g/mol. The summed E-state index contributed by atoms with van der Waals surface area (Å²) in [7, 11) is -1.99. The van der Waals surface area contributed by atoms with E-state index in [0.717, 1.165) is 0 Å². The predicted octanol–water partition coefficient (Wildman–Crippen LogP) is 3.81. The van der Waals surface area contributed by atoms with Crippen LogP contribution in [0.25, 0.3) is 0 Å². The zero-order valence-electron chi connectivity index (χ0n) is 16.0. The Kier molecular flexibility index (Phi) is 6.41. The molecule has 6 nitrogen and oxygen atoms in total. The highest BCUT2D eigenvalue weighted by molar-refractivity contribution is 6.74. The molecule has 0 saturated heterocycles. The van der Waals surface area contributed by atoms with Crippen molar-refractivity contribution in [3.63, 3.8) is 0 Å². The summed E-state index contributed by atoms with van der Waals surface area (Å²) in [6, 6.07) is 0. The quantitative estimate of drug-likeness (QED) is 0.562. The lowest BCUT2D eigenvalue weighted by molar-refractivity contribution is -0.161. The summed E-state index contributed by atoms with van der Waals surface area (Å²) in [6.07, 6.45) is 0.186. The number of ketones is 1. The fourth-order valence-electron chi connectivity index (χ4n) is 1.61. The van der Waals surface area contributed by atoms with Gasteiger partial charge >= 0.3 is 6.16 Å². The lowest BCUT2D eigenvalue weighted by Crippen LogP contribution is -2.45. The molecule has 7 heteroatoms. The fourth-order valence-corrected chi connectivity index (χ4v) is 2.61. The lowest BCUT2D eigenvalue weighted by Gasteiger charge is -2.37. The standard InChI is InChI=1S/C17H30O6Si/c1-16(2,3)23-15(19)22-14-10-9-12(18)13(21-14)11-20-24(7,8)17(4,5)6/h9-10,13-14H,11H2,1-8H3/t13-,14-/m1/s1. The zero-order chi connectivity index (χ0) is 18.8. The van der Waals surface area contributed by atoms with Crippen LogP contribution >= 0.6 is 0 Å². The molecule has 0 bridgehead atoms. The van der Waals surface area contributed by atoms with Gasteiger partial charge in [0.25, 0.3) is 0 Å². The molecule has 0 fully saturated rings. The van der Waals surface area contributed by atoms with Gasteiger partial charge in [-0.25, -0.2) is 4.79 Å². The van der Waals surface area contributed by atoms with Gasteiger partial charge in [0.15, 0.2) is 14.1 Å². The van der Waals surface area contributed by atoms with Crippen molar-refractivity contribution in [3.8, 4) is 0 Å². The smallest absolute Gasteiger partial charge is 0.428 e. The topological polar surface area (TPSA) is 71.1 Å². The van der Waals surface area contributed by atoms with E-state index in [0.29, 0.717) is 0 Å². The minimum absolute atomic E-state index is 0.0347. The molecule has 0 aromatic heterocycles. The van der Waals surface area contributed by atoms with Gasteiger partial charge in [0.1, 0.15) is 11.7 Å². The Balaban J connectivity index is 2.61. The molecule has 1 rings (SSSR count). The molecule has 1 aliphatic heterocycles. The summed E-state index contributed by atoms with van der Waals surface area (Å²) in [5, 5.41) is 0.0347. The van der Waals surface area contributed by atoms with Crippen LogP contribution in [0.4, 0.5) is 4.79 Å². The summed E-state index contributed by atoms with van der Waals surface area (Å²) >= 11 is 0. The molecule has 138 valence electrons. The van der Waals surface area contributed by atoms with Crippen LogP contribution in [0.15, 0.2) is 12.2 Å². The van der Waals surface area contributed by atoms with Crippen LogP contribution in [0, 0.1) is 0 Å². The fraction of sp³-hybridized carbons (Fsp3) is 0.765. The van der Waals surface area contributed by atoms with E-state index in [1.165, 1.54) is 12.2 Å². The Morgan fingerprint density at radius 2 is 1.79 bits per heavy atom. The van der Waals surface area contributed by atoms with Gasteiger partial charge < -0.3 is 18.6 Å².